The van der Waals surface area contributed by atoms with Crippen LogP contribution in [0.4, 0.5) is 5.69 Å². The first-order chi connectivity index (χ1) is 18.3. The molecular formula is C30H36N4O4. The molecule has 38 heavy (non-hydrogen) atoms. The van der Waals surface area contributed by atoms with Crippen LogP contribution in [0.5, 0.6) is 5.75 Å². The summed E-state index contributed by atoms with van der Waals surface area (Å²) in [5.41, 5.74) is 2.98. The molecule has 0 radical (unpaired) electrons. The van der Waals surface area contributed by atoms with Gasteiger partial charge >= 0.3 is 0 Å². The number of fused-ring (bicyclic) bond motifs is 1. The maximum Gasteiger partial charge on any atom is 0.255 e. The topological polar surface area (TPSA) is 95.0 Å². The summed E-state index contributed by atoms with van der Waals surface area (Å²) in [5, 5.41) is 12.8. The Kier molecular flexibility index (Phi) is 9.10. The number of pyridine rings is 1. The monoisotopic (exact) mass is 516 g/mol. The predicted octanol–water partition coefficient (Wildman–Crippen LogP) is 3.61. The van der Waals surface area contributed by atoms with Crippen LogP contribution in [-0.2, 0) is 17.8 Å². The molecule has 3 aromatic rings. The Bertz CT molecular complexity index is 1220. The highest BCUT2D eigenvalue weighted by Gasteiger charge is 2.31. The summed E-state index contributed by atoms with van der Waals surface area (Å²) in [6, 6.07) is 18.7. The summed E-state index contributed by atoms with van der Waals surface area (Å²) < 4.78 is 6.59. The van der Waals surface area contributed by atoms with Gasteiger partial charge in [-0.3, -0.25) is 19.5 Å². The number of aliphatic hydroxyl groups excluding tert-OH is 1. The van der Waals surface area contributed by atoms with Gasteiger partial charge in [0.05, 0.1) is 19.1 Å². The van der Waals surface area contributed by atoms with Crippen molar-refractivity contribution in [3.63, 3.8) is 0 Å². The number of aliphatic hydroxyl groups is 1. The first-order valence-electron chi connectivity index (χ1n) is 13.0. The van der Waals surface area contributed by atoms with Crippen LogP contribution in [0.25, 0.3) is 0 Å². The zero-order valence-corrected chi connectivity index (χ0v) is 22.2. The minimum atomic E-state index is -0.316. The largest absolute Gasteiger partial charge is 0.488 e. The molecule has 2 aromatic carbocycles. The number of benzene rings is 2. The van der Waals surface area contributed by atoms with Crippen LogP contribution in [-0.4, -0.2) is 70.6 Å². The van der Waals surface area contributed by atoms with Gasteiger partial charge in [-0.25, -0.2) is 0 Å². The van der Waals surface area contributed by atoms with E-state index in [1.54, 1.807) is 41.6 Å². The van der Waals surface area contributed by atoms with E-state index in [1.165, 1.54) is 5.56 Å². The second-order valence-corrected chi connectivity index (χ2v) is 10.1. The number of nitrogens with zero attached hydrogens (tertiary/aromatic N) is 3. The highest BCUT2D eigenvalue weighted by atomic mass is 16.5. The molecule has 3 atom stereocenters. The highest BCUT2D eigenvalue weighted by molar-refractivity contribution is 6.04. The van der Waals surface area contributed by atoms with Crippen molar-refractivity contribution < 1.29 is 19.4 Å². The molecule has 4 rings (SSSR count). The average molecular weight is 517 g/mol. The summed E-state index contributed by atoms with van der Waals surface area (Å²) in [7, 11) is 2.06. The third-order valence-electron chi connectivity index (χ3n) is 6.90. The van der Waals surface area contributed by atoms with Crippen molar-refractivity contribution >= 4 is 17.5 Å². The first-order valence-corrected chi connectivity index (χ1v) is 13.0. The van der Waals surface area contributed by atoms with E-state index in [4.69, 9.17) is 4.74 Å². The Labute approximate surface area is 224 Å². The van der Waals surface area contributed by atoms with Gasteiger partial charge in [0.25, 0.3) is 5.91 Å². The molecule has 8 nitrogen and oxygen atoms in total. The lowest BCUT2D eigenvalue weighted by atomic mass is 10.0. The molecule has 8 heteroatoms. The van der Waals surface area contributed by atoms with Crippen LogP contribution in [0, 0.1) is 5.92 Å². The normalized spacial score (nSPS) is 18.6. The van der Waals surface area contributed by atoms with Gasteiger partial charge in [0.15, 0.2) is 0 Å². The number of hydrogen-bond donors (Lipinski definition) is 2. The van der Waals surface area contributed by atoms with Crippen molar-refractivity contribution in [2.75, 3.05) is 32.1 Å². The van der Waals surface area contributed by atoms with E-state index in [0.29, 0.717) is 35.7 Å². The minimum absolute atomic E-state index is 0.0168. The molecule has 0 aliphatic carbocycles. The fraction of sp³-hybridized carbons (Fsp3) is 0.367. The minimum Gasteiger partial charge on any atom is -0.488 e. The number of anilines is 1. The molecule has 1 aliphatic rings. The number of likely N-dealkylation sites (N-methyl/N-ethyl adjacent to an activating group) is 1. The molecule has 0 saturated carbocycles. The van der Waals surface area contributed by atoms with Crippen LogP contribution >= 0.6 is 0 Å². The number of carbonyl (C=O) groups excluding carboxylic acids is 2. The Morgan fingerprint density at radius 3 is 2.63 bits per heavy atom. The van der Waals surface area contributed by atoms with Crippen LogP contribution in [0.3, 0.4) is 0 Å². The van der Waals surface area contributed by atoms with Crippen LogP contribution in [0.15, 0.2) is 73.1 Å². The Balaban J connectivity index is 1.60. The molecule has 2 N–H and O–H groups in total. The summed E-state index contributed by atoms with van der Waals surface area (Å²) in [5.74, 6) is 0.304. The Morgan fingerprint density at radius 1 is 1.18 bits per heavy atom. The third-order valence-corrected chi connectivity index (χ3v) is 6.90. The van der Waals surface area contributed by atoms with E-state index in [-0.39, 0.29) is 42.9 Å². The molecule has 0 saturated heterocycles. The number of amides is 2. The number of nitrogens with one attached hydrogen (secondary N) is 1. The van der Waals surface area contributed by atoms with E-state index in [1.807, 2.05) is 31.2 Å². The Morgan fingerprint density at radius 2 is 1.92 bits per heavy atom. The van der Waals surface area contributed by atoms with E-state index in [0.717, 1.165) is 6.54 Å². The van der Waals surface area contributed by atoms with Gasteiger partial charge in [-0.15, -0.1) is 0 Å². The smallest absolute Gasteiger partial charge is 0.255 e. The van der Waals surface area contributed by atoms with E-state index in [2.05, 4.69) is 41.3 Å². The summed E-state index contributed by atoms with van der Waals surface area (Å²) in [6.07, 6.45) is 3.05. The molecule has 0 fully saturated rings. The lowest BCUT2D eigenvalue weighted by Gasteiger charge is -2.34. The van der Waals surface area contributed by atoms with E-state index in [9.17, 15) is 14.7 Å². The molecule has 0 unspecified atom stereocenters. The van der Waals surface area contributed by atoms with Gasteiger partial charge in [-0.2, -0.15) is 0 Å². The standard InChI is InChI=1S/C30H36N4O4/c1-21-17-34(22(2)20-35)29(36)16-25-15-26(32-30(37)24-11-13-31-14-12-24)9-10-27(25)38-28(21)19-33(3)18-23-7-5-4-6-8-23/h4-15,21-22,28,35H,16-20H2,1-3H3,(H,32,37)/t21-,22-,28+/m1/s1. The maximum atomic E-state index is 13.4. The number of hydrogen-bond acceptors (Lipinski definition) is 6. The van der Waals surface area contributed by atoms with Crippen molar-refractivity contribution in [2.24, 2.45) is 5.92 Å². The third kappa shape index (κ3) is 6.96. The molecule has 2 amide bonds. The second kappa shape index (κ2) is 12.7. The summed E-state index contributed by atoms with van der Waals surface area (Å²) in [4.78, 5) is 34.0. The molecule has 2 heterocycles. The number of aromatic nitrogens is 1. The van der Waals surface area contributed by atoms with Crippen molar-refractivity contribution in [2.45, 2.75) is 39.0 Å². The Hall–Kier alpha value is -3.75. The quantitative estimate of drug-likeness (QED) is 0.475. The van der Waals surface area contributed by atoms with Gasteiger partial charge in [0.1, 0.15) is 11.9 Å². The zero-order chi connectivity index (χ0) is 27.1. The molecule has 1 aliphatic heterocycles. The lowest BCUT2D eigenvalue weighted by molar-refractivity contribution is -0.134. The average Bonchev–Trinajstić information content (AvgIpc) is 2.97. The van der Waals surface area contributed by atoms with Gasteiger partial charge in [0, 0.05) is 54.8 Å². The van der Waals surface area contributed by atoms with Gasteiger partial charge in [0.2, 0.25) is 5.91 Å². The van der Waals surface area contributed by atoms with Crippen LogP contribution in [0.2, 0.25) is 0 Å². The maximum absolute atomic E-state index is 13.4. The van der Waals surface area contributed by atoms with Crippen molar-refractivity contribution in [1.82, 2.24) is 14.8 Å². The van der Waals surface area contributed by atoms with Gasteiger partial charge < -0.3 is 20.1 Å². The summed E-state index contributed by atoms with van der Waals surface area (Å²) in [6.45, 7) is 5.73. The second-order valence-electron chi connectivity index (χ2n) is 10.1. The zero-order valence-electron chi connectivity index (χ0n) is 22.2. The number of rotatable bonds is 8. The summed E-state index contributed by atoms with van der Waals surface area (Å²) >= 11 is 0. The van der Waals surface area contributed by atoms with Crippen molar-refractivity contribution in [3.05, 3.63) is 89.7 Å². The van der Waals surface area contributed by atoms with E-state index < -0.39 is 0 Å². The van der Waals surface area contributed by atoms with Gasteiger partial charge in [-0.1, -0.05) is 37.3 Å². The van der Waals surface area contributed by atoms with Crippen LogP contribution < -0.4 is 10.1 Å². The van der Waals surface area contributed by atoms with E-state index >= 15 is 0 Å². The lowest BCUT2D eigenvalue weighted by Crippen LogP contribution is -2.47. The molecule has 200 valence electrons. The molecule has 0 spiro atoms. The molecule has 1 aromatic heterocycles. The molecule has 0 bridgehead atoms. The first kappa shape index (κ1) is 27.3. The van der Waals surface area contributed by atoms with Crippen molar-refractivity contribution in [3.8, 4) is 5.75 Å². The number of ether oxygens (including phenoxy) is 1. The SMILES string of the molecule is C[C@@H]1CN([C@H](C)CO)C(=O)Cc2cc(NC(=O)c3ccncc3)ccc2O[C@H]1CN(C)Cc1ccccc1. The van der Waals surface area contributed by atoms with Crippen LogP contribution in [0.1, 0.15) is 35.3 Å². The van der Waals surface area contributed by atoms with Gasteiger partial charge in [-0.05, 0) is 49.9 Å². The predicted molar refractivity (Wildman–Crippen MR) is 147 cm³/mol. The fourth-order valence-corrected chi connectivity index (χ4v) is 4.70. The van der Waals surface area contributed by atoms with Crippen molar-refractivity contribution in [1.29, 1.82) is 0 Å². The highest BCUT2D eigenvalue weighted by Crippen LogP contribution is 2.29. The number of carbonyl (C=O) groups is 2. The molecular weight excluding hydrogens is 480 g/mol. The fourth-order valence-electron chi connectivity index (χ4n) is 4.70.